The number of amides is 4. The molecule has 12 nitrogen and oxygen atoms in total. The molecule has 3 aliphatic rings. The molecule has 0 spiro atoms. The van der Waals surface area contributed by atoms with Crippen LogP contribution in [0, 0.1) is 0 Å². The summed E-state index contributed by atoms with van der Waals surface area (Å²) in [6.07, 6.45) is 2.57. The van der Waals surface area contributed by atoms with Gasteiger partial charge in [-0.3, -0.25) is 19.2 Å². The number of carbonyl (C=O) groups is 4. The number of anilines is 3. The van der Waals surface area contributed by atoms with E-state index in [9.17, 15) is 19.2 Å². The van der Waals surface area contributed by atoms with Gasteiger partial charge in [-0.1, -0.05) is 0 Å². The predicted molar refractivity (Wildman–Crippen MR) is 191 cm³/mol. The molecule has 6 heterocycles. The molecule has 50 heavy (non-hydrogen) atoms. The van der Waals surface area contributed by atoms with Crippen LogP contribution in [-0.4, -0.2) is 76.5 Å². The Morgan fingerprint density at radius 3 is 1.52 bits per heavy atom. The summed E-state index contributed by atoms with van der Waals surface area (Å²) in [5, 5.41) is 14.6. The minimum Gasteiger partial charge on any atom is -0.396 e. The first-order valence-electron chi connectivity index (χ1n) is 17.1. The number of carbonyl (C=O) groups excluding carboxylic acids is 4. The van der Waals surface area contributed by atoms with Crippen molar-refractivity contribution in [3.63, 3.8) is 0 Å². The summed E-state index contributed by atoms with van der Waals surface area (Å²) in [7, 11) is 0. The normalized spacial score (nSPS) is 15.0. The average Bonchev–Trinajstić information content (AvgIpc) is 3.95. The number of fused-ring (bicyclic) bond motifs is 9. The predicted octanol–water partition coefficient (Wildman–Crippen LogP) is 4.56. The molecular weight excluding hydrogens is 634 g/mol. The first-order valence-corrected chi connectivity index (χ1v) is 17.1. The Kier molecular flexibility index (Phi) is 6.85. The first kappa shape index (κ1) is 30.2. The highest BCUT2D eigenvalue weighted by Crippen LogP contribution is 2.39. The van der Waals surface area contributed by atoms with E-state index in [0.717, 1.165) is 72.9 Å². The molecule has 252 valence electrons. The summed E-state index contributed by atoms with van der Waals surface area (Å²) < 4.78 is 0. The van der Waals surface area contributed by atoms with Crippen molar-refractivity contribution in [3.8, 4) is 0 Å². The standard InChI is InChI=1S/C38H35N7O5/c1-20(47)43-13-9-21-25-18-31(41-28(25)3-6-33(21)43)37(49)45-15-11-23-26-19-32(42-29(26)5-8-35(23)45)38(50)44-14-10-22-24-17-30(36(48)39-12-2-16-46)40-27(24)4-7-34(22)44/h3-8,17-19,40-42,46H,2,9-16H2,1H3,(H,39,48). The fourth-order valence-corrected chi connectivity index (χ4v) is 8.11. The van der Waals surface area contributed by atoms with E-state index in [2.05, 4.69) is 20.3 Å². The van der Waals surface area contributed by atoms with Gasteiger partial charge in [0.25, 0.3) is 17.7 Å². The van der Waals surface area contributed by atoms with Gasteiger partial charge in [-0.2, -0.15) is 0 Å². The van der Waals surface area contributed by atoms with Gasteiger partial charge in [-0.15, -0.1) is 0 Å². The average molecular weight is 670 g/mol. The minimum atomic E-state index is -0.230. The Morgan fingerprint density at radius 2 is 1.06 bits per heavy atom. The topological polar surface area (TPSA) is 158 Å². The van der Waals surface area contributed by atoms with Crippen molar-refractivity contribution in [2.75, 3.05) is 47.5 Å². The summed E-state index contributed by atoms with van der Waals surface area (Å²) in [6.45, 7) is 3.67. The molecular formula is C38H35N7O5. The van der Waals surface area contributed by atoms with Crippen molar-refractivity contribution < 1.29 is 24.3 Å². The summed E-state index contributed by atoms with van der Waals surface area (Å²) in [5.41, 5.74) is 9.69. The van der Waals surface area contributed by atoms with E-state index < -0.39 is 0 Å². The summed E-state index contributed by atoms with van der Waals surface area (Å²) >= 11 is 0. The van der Waals surface area contributed by atoms with Gasteiger partial charge in [0.15, 0.2) is 0 Å². The molecule has 0 saturated carbocycles. The smallest absolute Gasteiger partial charge is 0.274 e. The zero-order valence-electron chi connectivity index (χ0n) is 27.5. The maximum Gasteiger partial charge on any atom is 0.274 e. The number of aromatic nitrogens is 3. The summed E-state index contributed by atoms with van der Waals surface area (Å²) in [4.78, 5) is 67.8. The lowest BCUT2D eigenvalue weighted by molar-refractivity contribution is -0.116. The minimum absolute atomic E-state index is 0.0129. The molecule has 6 aromatic rings. The number of benzene rings is 3. The van der Waals surface area contributed by atoms with Crippen molar-refractivity contribution in [1.29, 1.82) is 0 Å². The molecule has 0 atom stereocenters. The molecule has 3 aliphatic heterocycles. The van der Waals surface area contributed by atoms with E-state index in [1.165, 1.54) is 0 Å². The first-order chi connectivity index (χ1) is 24.3. The fraction of sp³-hybridized carbons (Fsp3) is 0.263. The Labute approximate surface area is 286 Å². The molecule has 4 amide bonds. The molecule has 0 aliphatic carbocycles. The number of hydrogen-bond donors (Lipinski definition) is 5. The third-order valence-corrected chi connectivity index (χ3v) is 10.5. The van der Waals surface area contributed by atoms with Crippen molar-refractivity contribution >= 4 is 73.4 Å². The number of rotatable bonds is 6. The second kappa shape index (κ2) is 11.3. The van der Waals surface area contributed by atoms with Crippen LogP contribution in [0.2, 0.25) is 0 Å². The van der Waals surface area contributed by atoms with Crippen LogP contribution in [0.15, 0.2) is 54.6 Å². The van der Waals surface area contributed by atoms with Gasteiger partial charge < -0.3 is 40.1 Å². The van der Waals surface area contributed by atoms with Crippen molar-refractivity contribution in [1.82, 2.24) is 20.3 Å². The molecule has 12 heteroatoms. The van der Waals surface area contributed by atoms with Crippen molar-refractivity contribution in [3.05, 3.63) is 88.4 Å². The van der Waals surface area contributed by atoms with E-state index in [1.54, 1.807) is 21.6 Å². The Hall–Kier alpha value is -5.88. The van der Waals surface area contributed by atoms with Gasteiger partial charge in [0, 0.05) is 89.5 Å². The Morgan fingerprint density at radius 1 is 0.640 bits per heavy atom. The maximum atomic E-state index is 14.0. The van der Waals surface area contributed by atoms with Crippen LogP contribution in [0.25, 0.3) is 32.7 Å². The maximum absolute atomic E-state index is 14.0. The molecule has 0 bridgehead atoms. The number of nitrogens with zero attached hydrogens (tertiary/aromatic N) is 3. The molecule has 5 N–H and O–H groups in total. The summed E-state index contributed by atoms with van der Waals surface area (Å²) in [6, 6.07) is 17.2. The third-order valence-electron chi connectivity index (χ3n) is 10.5. The highest BCUT2D eigenvalue weighted by Gasteiger charge is 2.32. The lowest BCUT2D eigenvalue weighted by Gasteiger charge is -2.16. The fourth-order valence-electron chi connectivity index (χ4n) is 8.11. The zero-order valence-corrected chi connectivity index (χ0v) is 27.5. The molecule has 0 unspecified atom stereocenters. The molecule has 0 radical (unpaired) electrons. The number of aliphatic hydroxyl groups excluding tert-OH is 1. The van der Waals surface area contributed by atoms with Gasteiger partial charge in [-0.25, -0.2) is 0 Å². The number of aromatic amines is 3. The van der Waals surface area contributed by atoms with Crippen LogP contribution in [0.3, 0.4) is 0 Å². The van der Waals surface area contributed by atoms with E-state index >= 15 is 0 Å². The van der Waals surface area contributed by atoms with E-state index in [-0.39, 0.29) is 30.2 Å². The highest BCUT2D eigenvalue weighted by molar-refractivity contribution is 6.13. The van der Waals surface area contributed by atoms with Gasteiger partial charge in [0.05, 0.1) is 0 Å². The van der Waals surface area contributed by atoms with Crippen LogP contribution in [0.1, 0.15) is 61.5 Å². The summed E-state index contributed by atoms with van der Waals surface area (Å²) in [5.74, 6) is -0.463. The second-order valence-corrected chi connectivity index (χ2v) is 13.3. The lowest BCUT2D eigenvalue weighted by atomic mass is 10.1. The molecule has 3 aromatic carbocycles. The molecule has 0 saturated heterocycles. The monoisotopic (exact) mass is 669 g/mol. The van der Waals surface area contributed by atoms with E-state index in [4.69, 9.17) is 5.11 Å². The molecule has 0 fully saturated rings. The Balaban J connectivity index is 0.977. The number of nitrogens with one attached hydrogen (secondary N) is 4. The van der Waals surface area contributed by atoms with Gasteiger partial charge >= 0.3 is 0 Å². The van der Waals surface area contributed by atoms with Crippen molar-refractivity contribution in [2.24, 2.45) is 0 Å². The van der Waals surface area contributed by atoms with Gasteiger partial charge in [-0.05, 0) is 97.0 Å². The van der Waals surface area contributed by atoms with Crippen molar-refractivity contribution in [2.45, 2.75) is 32.6 Å². The quantitative estimate of drug-likeness (QED) is 0.164. The van der Waals surface area contributed by atoms with E-state index in [0.29, 0.717) is 62.5 Å². The van der Waals surface area contributed by atoms with Gasteiger partial charge in [0.2, 0.25) is 5.91 Å². The van der Waals surface area contributed by atoms with Crippen LogP contribution >= 0.6 is 0 Å². The SMILES string of the molecule is CC(=O)N1CCc2c1ccc1[nH]c(C(=O)N3CCc4c3ccc3[nH]c(C(=O)N5CCc6c5ccc5[nH]c(C(=O)NCCCO)cc65)cc43)cc21. The Bertz CT molecular complexity index is 2430. The lowest BCUT2D eigenvalue weighted by Crippen LogP contribution is -2.29. The number of aliphatic hydroxyl groups is 1. The third kappa shape index (κ3) is 4.55. The van der Waals surface area contributed by atoms with Crippen LogP contribution in [0.5, 0.6) is 0 Å². The number of hydrogen-bond acceptors (Lipinski definition) is 5. The molecule has 3 aromatic heterocycles. The van der Waals surface area contributed by atoms with Crippen LogP contribution in [-0.2, 0) is 24.1 Å². The highest BCUT2D eigenvalue weighted by atomic mass is 16.3. The number of H-pyrrole nitrogens is 3. The second-order valence-electron chi connectivity index (χ2n) is 13.3. The molecule has 9 rings (SSSR count). The zero-order chi connectivity index (χ0) is 34.3. The van der Waals surface area contributed by atoms with Crippen LogP contribution < -0.4 is 20.0 Å². The van der Waals surface area contributed by atoms with E-state index in [1.807, 2.05) is 54.6 Å². The largest absolute Gasteiger partial charge is 0.396 e. The van der Waals surface area contributed by atoms with Gasteiger partial charge in [0.1, 0.15) is 17.1 Å². The van der Waals surface area contributed by atoms with Crippen LogP contribution in [0.4, 0.5) is 17.1 Å².